The second-order valence-electron chi connectivity index (χ2n) is 5.26. The highest BCUT2D eigenvalue weighted by atomic mass is 16.6. The number of H-pyrrole nitrogens is 1. The number of aromatic nitrogens is 2. The van der Waals surface area contributed by atoms with Crippen LogP contribution in [0.25, 0.3) is 0 Å². The number of carbonyl (C=O) groups excluding carboxylic acids is 2. The van der Waals surface area contributed by atoms with Crippen LogP contribution in [0.15, 0.2) is 30.6 Å². The maximum Gasteiger partial charge on any atom is 0.292 e. The van der Waals surface area contributed by atoms with Gasteiger partial charge in [-0.3, -0.25) is 19.7 Å². The smallest absolute Gasteiger partial charge is 0.292 e. The molecule has 1 saturated heterocycles. The summed E-state index contributed by atoms with van der Waals surface area (Å²) < 4.78 is 5.20. The average molecular weight is 345 g/mol. The lowest BCUT2D eigenvalue weighted by Crippen LogP contribution is -2.41. The van der Waals surface area contributed by atoms with Gasteiger partial charge in [0.05, 0.1) is 24.5 Å². The van der Waals surface area contributed by atoms with Crippen LogP contribution in [0.4, 0.5) is 11.4 Å². The first-order valence-electron chi connectivity index (χ1n) is 7.53. The van der Waals surface area contributed by atoms with Crippen LogP contribution >= 0.6 is 0 Å². The third kappa shape index (κ3) is 3.48. The van der Waals surface area contributed by atoms with E-state index in [1.165, 1.54) is 24.5 Å². The van der Waals surface area contributed by atoms with Gasteiger partial charge >= 0.3 is 0 Å². The number of nitrogens with zero attached hydrogens (tertiary/aromatic N) is 3. The molecule has 1 aliphatic heterocycles. The molecule has 2 aromatic rings. The number of benzene rings is 1. The van der Waals surface area contributed by atoms with Crippen molar-refractivity contribution in [2.75, 3.05) is 31.6 Å². The monoisotopic (exact) mass is 345 g/mol. The van der Waals surface area contributed by atoms with E-state index in [0.717, 1.165) is 0 Å². The Bertz CT molecular complexity index is 812. The molecule has 0 saturated carbocycles. The molecule has 10 nitrogen and oxygen atoms in total. The van der Waals surface area contributed by atoms with Gasteiger partial charge < -0.3 is 19.9 Å². The van der Waals surface area contributed by atoms with Gasteiger partial charge in [-0.25, -0.2) is 4.98 Å². The van der Waals surface area contributed by atoms with E-state index >= 15 is 0 Å². The van der Waals surface area contributed by atoms with Gasteiger partial charge in [0.25, 0.3) is 17.5 Å². The summed E-state index contributed by atoms with van der Waals surface area (Å²) in [4.78, 5) is 43.5. The van der Waals surface area contributed by atoms with Crippen molar-refractivity contribution in [3.63, 3.8) is 0 Å². The van der Waals surface area contributed by atoms with Gasteiger partial charge in [0.2, 0.25) is 0 Å². The number of para-hydroxylation sites is 2. The molecule has 2 N–H and O–H groups in total. The Kier molecular flexibility index (Phi) is 4.70. The van der Waals surface area contributed by atoms with Gasteiger partial charge in [-0.2, -0.15) is 0 Å². The lowest BCUT2D eigenvalue weighted by molar-refractivity contribution is -0.383. The first-order chi connectivity index (χ1) is 12.1. The fourth-order valence-corrected chi connectivity index (χ4v) is 2.47. The van der Waals surface area contributed by atoms with Crippen molar-refractivity contribution in [2.24, 2.45) is 0 Å². The van der Waals surface area contributed by atoms with Crippen molar-refractivity contribution in [3.05, 3.63) is 52.1 Å². The maximum atomic E-state index is 12.5. The molecule has 130 valence electrons. The van der Waals surface area contributed by atoms with Crippen LogP contribution in [0.2, 0.25) is 0 Å². The SMILES string of the molecule is O=C(Nc1ccccc1[N+](=O)[O-])c1nc[nH]c1C(=O)N1CCOCC1. The molecule has 0 aliphatic carbocycles. The van der Waals surface area contributed by atoms with E-state index in [9.17, 15) is 19.7 Å². The van der Waals surface area contributed by atoms with Gasteiger partial charge in [0.1, 0.15) is 11.4 Å². The zero-order valence-electron chi connectivity index (χ0n) is 13.1. The number of aromatic amines is 1. The average Bonchev–Trinajstić information content (AvgIpc) is 3.12. The summed E-state index contributed by atoms with van der Waals surface area (Å²) >= 11 is 0. The minimum absolute atomic E-state index is 0.0327. The normalized spacial score (nSPS) is 14.2. The number of ether oxygens (including phenoxy) is 1. The Morgan fingerprint density at radius 3 is 2.72 bits per heavy atom. The van der Waals surface area contributed by atoms with Gasteiger partial charge in [0, 0.05) is 19.2 Å². The molecule has 1 fully saturated rings. The quantitative estimate of drug-likeness (QED) is 0.629. The van der Waals surface area contributed by atoms with E-state index in [2.05, 4.69) is 15.3 Å². The molecule has 1 aliphatic rings. The maximum absolute atomic E-state index is 12.5. The Labute approximate surface area is 142 Å². The lowest BCUT2D eigenvalue weighted by Gasteiger charge is -2.26. The third-order valence-electron chi connectivity index (χ3n) is 3.72. The summed E-state index contributed by atoms with van der Waals surface area (Å²) in [6.07, 6.45) is 1.24. The number of amides is 2. The Hall–Kier alpha value is -3.27. The third-order valence-corrected chi connectivity index (χ3v) is 3.72. The van der Waals surface area contributed by atoms with Gasteiger partial charge in [0.15, 0.2) is 5.69 Å². The molecule has 0 bridgehead atoms. The fourth-order valence-electron chi connectivity index (χ4n) is 2.47. The molecule has 1 aromatic heterocycles. The number of rotatable bonds is 4. The number of hydrogen-bond acceptors (Lipinski definition) is 6. The highest BCUT2D eigenvalue weighted by molar-refractivity contribution is 6.10. The van der Waals surface area contributed by atoms with Crippen molar-refractivity contribution in [1.29, 1.82) is 0 Å². The zero-order valence-corrected chi connectivity index (χ0v) is 13.1. The van der Waals surface area contributed by atoms with Crippen molar-refractivity contribution < 1.29 is 19.2 Å². The number of carbonyl (C=O) groups is 2. The molecule has 2 heterocycles. The minimum atomic E-state index is -0.702. The van der Waals surface area contributed by atoms with Gasteiger partial charge in [-0.15, -0.1) is 0 Å². The molecule has 10 heteroatoms. The van der Waals surface area contributed by atoms with Crippen LogP contribution in [0.3, 0.4) is 0 Å². The van der Waals surface area contributed by atoms with Gasteiger partial charge in [-0.1, -0.05) is 12.1 Å². The van der Waals surface area contributed by atoms with E-state index in [1.54, 1.807) is 11.0 Å². The minimum Gasteiger partial charge on any atom is -0.378 e. The summed E-state index contributed by atoms with van der Waals surface area (Å²) in [6, 6.07) is 5.74. The Morgan fingerprint density at radius 2 is 2.00 bits per heavy atom. The standard InChI is InChI=1S/C15H15N5O5/c21-14(18-10-3-1-2-4-11(10)20(23)24)12-13(17-9-16-12)15(22)19-5-7-25-8-6-19/h1-4,9H,5-8H2,(H,16,17)(H,18,21). The Morgan fingerprint density at radius 1 is 1.28 bits per heavy atom. The molecule has 0 radical (unpaired) electrons. The molecule has 0 spiro atoms. The van der Waals surface area contributed by atoms with Crippen LogP contribution < -0.4 is 5.32 Å². The number of morpholine rings is 1. The Balaban J connectivity index is 1.81. The van der Waals surface area contributed by atoms with E-state index < -0.39 is 10.8 Å². The van der Waals surface area contributed by atoms with Crippen LogP contribution in [-0.2, 0) is 4.74 Å². The summed E-state index contributed by atoms with van der Waals surface area (Å²) in [7, 11) is 0. The van der Waals surface area contributed by atoms with E-state index in [1.807, 2.05) is 0 Å². The molecule has 25 heavy (non-hydrogen) atoms. The van der Waals surface area contributed by atoms with Crippen molar-refractivity contribution in [2.45, 2.75) is 0 Å². The largest absolute Gasteiger partial charge is 0.378 e. The molecule has 1 aromatic carbocycles. The summed E-state index contributed by atoms with van der Waals surface area (Å²) in [5.74, 6) is -1.07. The van der Waals surface area contributed by atoms with Crippen LogP contribution in [-0.4, -0.2) is 57.9 Å². The fraction of sp³-hybridized carbons (Fsp3) is 0.267. The number of imidazole rings is 1. The highest BCUT2D eigenvalue weighted by Gasteiger charge is 2.27. The zero-order chi connectivity index (χ0) is 17.8. The second-order valence-corrected chi connectivity index (χ2v) is 5.26. The predicted molar refractivity (Wildman–Crippen MR) is 86.4 cm³/mol. The molecule has 0 unspecified atom stereocenters. The lowest BCUT2D eigenvalue weighted by atomic mass is 10.2. The van der Waals surface area contributed by atoms with Crippen molar-refractivity contribution in [1.82, 2.24) is 14.9 Å². The number of nitro groups is 1. The highest BCUT2D eigenvalue weighted by Crippen LogP contribution is 2.24. The van der Waals surface area contributed by atoms with Crippen molar-refractivity contribution in [3.8, 4) is 0 Å². The van der Waals surface area contributed by atoms with Gasteiger partial charge in [-0.05, 0) is 6.07 Å². The molecule has 3 rings (SSSR count). The van der Waals surface area contributed by atoms with E-state index in [0.29, 0.717) is 26.3 Å². The first kappa shape index (κ1) is 16.6. The molecular weight excluding hydrogens is 330 g/mol. The second kappa shape index (κ2) is 7.09. The molecule has 0 atom stereocenters. The summed E-state index contributed by atoms with van der Waals surface area (Å²) in [5.41, 5.74) is -0.287. The van der Waals surface area contributed by atoms with E-state index in [4.69, 9.17) is 4.74 Å². The van der Waals surface area contributed by atoms with Crippen LogP contribution in [0, 0.1) is 10.1 Å². The predicted octanol–water partition coefficient (Wildman–Crippen LogP) is 1.04. The van der Waals surface area contributed by atoms with Crippen molar-refractivity contribution >= 4 is 23.2 Å². The topological polar surface area (TPSA) is 130 Å². The number of nitrogens with one attached hydrogen (secondary N) is 2. The van der Waals surface area contributed by atoms with E-state index in [-0.39, 0.29) is 28.7 Å². The molecule has 2 amide bonds. The summed E-state index contributed by atoms with van der Waals surface area (Å²) in [5, 5.41) is 13.5. The number of hydrogen-bond donors (Lipinski definition) is 2. The summed E-state index contributed by atoms with van der Waals surface area (Å²) in [6.45, 7) is 1.70. The number of anilines is 1. The number of nitro benzene ring substituents is 1. The molecular formula is C15H15N5O5. The van der Waals surface area contributed by atoms with Crippen LogP contribution in [0.5, 0.6) is 0 Å². The first-order valence-corrected chi connectivity index (χ1v) is 7.53. The van der Waals surface area contributed by atoms with Crippen LogP contribution in [0.1, 0.15) is 21.0 Å².